The highest BCUT2D eigenvalue weighted by atomic mass is 32.2. The molecule has 1 aliphatic heterocycles. The second-order valence-electron chi connectivity index (χ2n) is 3.53. The molecule has 16 heavy (non-hydrogen) atoms. The number of nitrogens with zero attached hydrogens (tertiary/aromatic N) is 1. The van der Waals surface area contributed by atoms with E-state index in [2.05, 4.69) is 4.99 Å². The van der Waals surface area contributed by atoms with Gasteiger partial charge in [0.25, 0.3) is 0 Å². The van der Waals surface area contributed by atoms with Crippen LogP contribution in [0.25, 0.3) is 0 Å². The van der Waals surface area contributed by atoms with Crippen molar-refractivity contribution in [2.75, 3.05) is 6.61 Å². The van der Waals surface area contributed by atoms with Gasteiger partial charge in [0.2, 0.25) is 9.84 Å². The zero-order valence-electron chi connectivity index (χ0n) is 8.75. The lowest BCUT2D eigenvalue weighted by molar-refractivity contribution is 0.351. The molecule has 0 bridgehead atoms. The maximum atomic E-state index is 11.0. The van der Waals surface area contributed by atoms with Gasteiger partial charge in [0.1, 0.15) is 17.9 Å². The van der Waals surface area contributed by atoms with Gasteiger partial charge in [-0.1, -0.05) is 17.7 Å². The van der Waals surface area contributed by atoms with E-state index in [4.69, 9.17) is 4.74 Å². The van der Waals surface area contributed by atoms with Gasteiger partial charge in [-0.25, -0.2) is 13.4 Å². The van der Waals surface area contributed by atoms with Crippen LogP contribution in [0.15, 0.2) is 40.4 Å². The quantitative estimate of drug-likeness (QED) is 0.803. The molecule has 0 aliphatic carbocycles. The average molecular weight is 237 g/mol. The number of aryl methyl sites for hydroxylation is 1. The van der Waals surface area contributed by atoms with E-state index in [1.54, 1.807) is 0 Å². The topological polar surface area (TPSA) is 55.7 Å². The van der Waals surface area contributed by atoms with Crippen LogP contribution in [-0.2, 0) is 9.84 Å². The lowest BCUT2D eigenvalue weighted by Gasteiger charge is -2.04. The number of rotatable bonds is 3. The Morgan fingerprint density at radius 3 is 2.50 bits per heavy atom. The normalized spacial score (nSPS) is 17.2. The van der Waals surface area contributed by atoms with Gasteiger partial charge in [-0.3, -0.25) is 0 Å². The van der Waals surface area contributed by atoms with Crippen LogP contribution in [0.1, 0.15) is 5.56 Å². The zero-order valence-corrected chi connectivity index (χ0v) is 9.57. The van der Waals surface area contributed by atoms with Crippen molar-refractivity contribution < 1.29 is 13.2 Å². The smallest absolute Gasteiger partial charge is 0.212 e. The molecule has 0 radical (unpaired) electrons. The zero-order chi connectivity index (χ0) is 11.6. The molecular weight excluding hydrogens is 226 g/mol. The summed E-state index contributed by atoms with van der Waals surface area (Å²) in [6.07, 6.45) is 0. The third-order valence-electron chi connectivity index (χ3n) is 2.07. The standard InChI is InChI=1S/C11H11NO3S/c1-9-2-4-11(5-3-9)15-6-10-7-16(13,14)8-12-10/h2-5,7-8H,6H2,1H3. The van der Waals surface area contributed by atoms with Crippen LogP contribution in [0.2, 0.25) is 0 Å². The van der Waals surface area contributed by atoms with Crippen LogP contribution in [-0.4, -0.2) is 20.6 Å². The van der Waals surface area contributed by atoms with E-state index in [0.717, 1.165) is 16.5 Å². The molecule has 2 rings (SSSR count). The van der Waals surface area contributed by atoms with Crippen molar-refractivity contribution in [2.24, 2.45) is 4.99 Å². The van der Waals surface area contributed by atoms with Crippen molar-refractivity contribution in [1.29, 1.82) is 0 Å². The number of sulfone groups is 1. The van der Waals surface area contributed by atoms with Crippen LogP contribution < -0.4 is 4.74 Å². The van der Waals surface area contributed by atoms with Gasteiger partial charge in [0.05, 0.1) is 11.1 Å². The molecule has 84 valence electrons. The van der Waals surface area contributed by atoms with Gasteiger partial charge >= 0.3 is 0 Å². The largest absolute Gasteiger partial charge is 0.487 e. The SMILES string of the molecule is Cc1ccc(OCC2=CS(=O)(=O)C=N2)cc1. The molecule has 0 saturated heterocycles. The minimum Gasteiger partial charge on any atom is -0.487 e. The van der Waals surface area contributed by atoms with E-state index >= 15 is 0 Å². The lowest BCUT2D eigenvalue weighted by atomic mass is 10.2. The molecule has 0 saturated carbocycles. The molecule has 0 atom stereocenters. The van der Waals surface area contributed by atoms with E-state index in [0.29, 0.717) is 11.4 Å². The monoisotopic (exact) mass is 237 g/mol. The second-order valence-corrected chi connectivity index (χ2v) is 5.16. The molecule has 0 unspecified atom stereocenters. The molecule has 1 aromatic rings. The van der Waals surface area contributed by atoms with Crippen LogP contribution in [0.4, 0.5) is 0 Å². The molecule has 1 aromatic carbocycles. The van der Waals surface area contributed by atoms with Crippen LogP contribution in [0.5, 0.6) is 5.75 Å². The Kier molecular flexibility index (Phi) is 2.78. The minimum absolute atomic E-state index is 0.165. The summed E-state index contributed by atoms with van der Waals surface area (Å²) in [4.78, 5) is 3.74. The van der Waals surface area contributed by atoms with Gasteiger partial charge in [-0.15, -0.1) is 0 Å². The van der Waals surface area contributed by atoms with E-state index < -0.39 is 9.84 Å². The number of benzene rings is 1. The fourth-order valence-corrected chi connectivity index (χ4v) is 2.11. The predicted molar refractivity (Wildman–Crippen MR) is 62.2 cm³/mol. The molecule has 0 spiro atoms. The van der Waals surface area contributed by atoms with Crippen molar-refractivity contribution in [3.05, 3.63) is 40.9 Å². The number of hydrogen-bond acceptors (Lipinski definition) is 4. The highest BCUT2D eigenvalue weighted by molar-refractivity contribution is 8.07. The van der Waals surface area contributed by atoms with E-state index in [-0.39, 0.29) is 6.61 Å². The first-order valence-electron chi connectivity index (χ1n) is 4.74. The Hall–Kier alpha value is -1.62. The minimum atomic E-state index is -3.24. The molecule has 5 heteroatoms. The third-order valence-corrected chi connectivity index (χ3v) is 3.07. The predicted octanol–water partition coefficient (Wildman–Crippen LogP) is 1.67. The molecule has 1 aliphatic rings. The Balaban J connectivity index is 1.99. The average Bonchev–Trinajstić information content (AvgIpc) is 2.58. The number of ether oxygens (including phenoxy) is 1. The molecule has 4 nitrogen and oxygen atoms in total. The summed E-state index contributed by atoms with van der Waals surface area (Å²) < 4.78 is 27.4. The number of aliphatic imine (C=N–C) groups is 1. The van der Waals surface area contributed by atoms with Gasteiger partial charge in [-0.2, -0.15) is 0 Å². The first kappa shape index (κ1) is 10.9. The lowest BCUT2D eigenvalue weighted by Crippen LogP contribution is -1.98. The summed E-state index contributed by atoms with van der Waals surface area (Å²) in [7, 11) is -3.24. The molecular formula is C11H11NO3S. The maximum absolute atomic E-state index is 11.0. The van der Waals surface area contributed by atoms with Gasteiger partial charge < -0.3 is 4.74 Å². The highest BCUT2D eigenvalue weighted by Gasteiger charge is 2.12. The van der Waals surface area contributed by atoms with Gasteiger partial charge in [-0.05, 0) is 19.1 Å². The summed E-state index contributed by atoms with van der Waals surface area (Å²) in [5, 5.41) is 1.11. The van der Waals surface area contributed by atoms with Gasteiger partial charge in [0.15, 0.2) is 0 Å². The molecule has 0 N–H and O–H groups in total. The Bertz CT molecular complexity index is 541. The van der Waals surface area contributed by atoms with E-state index in [1.807, 2.05) is 31.2 Å². The summed E-state index contributed by atoms with van der Waals surface area (Å²) in [6.45, 7) is 2.15. The summed E-state index contributed by atoms with van der Waals surface area (Å²) >= 11 is 0. The first-order chi connectivity index (χ1) is 7.55. The maximum Gasteiger partial charge on any atom is 0.212 e. The van der Waals surface area contributed by atoms with Crippen LogP contribution in [0, 0.1) is 6.92 Å². The Labute approximate surface area is 94.2 Å². The number of hydrogen-bond donors (Lipinski definition) is 0. The van der Waals surface area contributed by atoms with Crippen LogP contribution in [0.3, 0.4) is 0 Å². The van der Waals surface area contributed by atoms with Crippen molar-refractivity contribution in [2.45, 2.75) is 6.92 Å². The Morgan fingerprint density at radius 1 is 1.25 bits per heavy atom. The molecule has 0 fully saturated rings. The van der Waals surface area contributed by atoms with Crippen molar-refractivity contribution in [3.63, 3.8) is 0 Å². The van der Waals surface area contributed by atoms with E-state index in [9.17, 15) is 8.42 Å². The van der Waals surface area contributed by atoms with Gasteiger partial charge in [0, 0.05) is 0 Å². The third kappa shape index (κ3) is 2.70. The second kappa shape index (κ2) is 4.09. The summed E-state index contributed by atoms with van der Waals surface area (Å²) in [5.41, 5.74) is 2.49. The van der Waals surface area contributed by atoms with Crippen molar-refractivity contribution in [1.82, 2.24) is 0 Å². The van der Waals surface area contributed by atoms with E-state index in [1.165, 1.54) is 0 Å². The summed E-state index contributed by atoms with van der Waals surface area (Å²) in [6, 6.07) is 7.53. The Morgan fingerprint density at radius 2 is 1.94 bits per heavy atom. The fourth-order valence-electron chi connectivity index (χ4n) is 1.25. The van der Waals surface area contributed by atoms with Crippen LogP contribution >= 0.6 is 0 Å². The molecule has 0 amide bonds. The first-order valence-corrected chi connectivity index (χ1v) is 6.35. The van der Waals surface area contributed by atoms with Crippen molar-refractivity contribution >= 4 is 15.4 Å². The fraction of sp³-hybridized carbons (Fsp3) is 0.182. The summed E-state index contributed by atoms with van der Waals surface area (Å²) in [5.74, 6) is 0.700. The molecule has 0 aromatic heterocycles. The van der Waals surface area contributed by atoms with Crippen molar-refractivity contribution in [3.8, 4) is 5.75 Å². The molecule has 1 heterocycles. The highest BCUT2D eigenvalue weighted by Crippen LogP contribution is 2.14.